The summed E-state index contributed by atoms with van der Waals surface area (Å²) in [4.78, 5) is 13.3. The van der Waals surface area contributed by atoms with Gasteiger partial charge in [-0.1, -0.05) is 0 Å². The number of nitrogens with zero attached hydrogens (tertiary/aromatic N) is 2. The monoisotopic (exact) mass is 338 g/mol. The van der Waals surface area contributed by atoms with E-state index in [1.165, 1.54) is 6.92 Å². The first-order valence-corrected chi connectivity index (χ1v) is 7.68. The Morgan fingerprint density at radius 1 is 1.45 bits per heavy atom. The average Bonchev–Trinajstić information content (AvgIpc) is 2.83. The van der Waals surface area contributed by atoms with Crippen LogP contribution in [0.2, 0.25) is 0 Å². The second-order valence-corrected chi connectivity index (χ2v) is 7.21. The third-order valence-corrected chi connectivity index (χ3v) is 5.49. The molecule has 0 aliphatic carbocycles. The SMILES string of the molecule is CC1(C(=O)O)CCN(S(=O)(=O)c2cccnc2C(F)(F)F)C1. The van der Waals surface area contributed by atoms with Crippen molar-refractivity contribution in [1.29, 1.82) is 0 Å². The van der Waals surface area contributed by atoms with Gasteiger partial charge in [-0.3, -0.25) is 9.78 Å². The summed E-state index contributed by atoms with van der Waals surface area (Å²) in [5.41, 5.74) is -2.81. The van der Waals surface area contributed by atoms with Crippen molar-refractivity contribution in [2.24, 2.45) is 5.41 Å². The van der Waals surface area contributed by atoms with Crippen molar-refractivity contribution < 1.29 is 31.5 Å². The van der Waals surface area contributed by atoms with E-state index < -0.39 is 38.2 Å². The van der Waals surface area contributed by atoms with Crippen LogP contribution in [0.5, 0.6) is 0 Å². The Morgan fingerprint density at radius 2 is 2.09 bits per heavy atom. The van der Waals surface area contributed by atoms with Crippen LogP contribution < -0.4 is 0 Å². The number of alkyl halides is 3. The van der Waals surface area contributed by atoms with Gasteiger partial charge in [0.25, 0.3) is 0 Å². The normalized spacial score (nSPS) is 23.6. The first-order chi connectivity index (χ1) is 9.98. The molecule has 0 bridgehead atoms. The van der Waals surface area contributed by atoms with Crippen LogP contribution >= 0.6 is 0 Å². The Hall–Kier alpha value is -1.68. The number of carbonyl (C=O) groups is 1. The number of aliphatic carboxylic acids is 1. The molecular formula is C12H13F3N2O4S. The Bertz CT molecular complexity index is 705. The third-order valence-electron chi connectivity index (χ3n) is 3.61. The maximum absolute atomic E-state index is 12.9. The summed E-state index contributed by atoms with van der Waals surface area (Å²) in [5.74, 6) is -1.19. The van der Waals surface area contributed by atoms with Gasteiger partial charge in [-0.25, -0.2) is 8.42 Å². The molecule has 1 aromatic heterocycles. The first-order valence-electron chi connectivity index (χ1n) is 6.24. The van der Waals surface area contributed by atoms with Crippen LogP contribution in [0.1, 0.15) is 19.0 Å². The number of hydrogen-bond acceptors (Lipinski definition) is 4. The largest absolute Gasteiger partial charge is 0.481 e. The van der Waals surface area contributed by atoms with E-state index in [2.05, 4.69) is 4.98 Å². The molecular weight excluding hydrogens is 325 g/mol. The lowest BCUT2D eigenvalue weighted by atomic mass is 9.90. The number of aromatic nitrogens is 1. The fourth-order valence-electron chi connectivity index (χ4n) is 2.25. The van der Waals surface area contributed by atoms with Crippen LogP contribution in [0, 0.1) is 5.41 Å². The molecule has 0 radical (unpaired) electrons. The van der Waals surface area contributed by atoms with Crippen molar-refractivity contribution in [1.82, 2.24) is 9.29 Å². The Labute approximate surface area is 124 Å². The van der Waals surface area contributed by atoms with Gasteiger partial charge in [-0.2, -0.15) is 17.5 Å². The van der Waals surface area contributed by atoms with Gasteiger partial charge >= 0.3 is 12.1 Å². The van der Waals surface area contributed by atoms with E-state index in [0.717, 1.165) is 22.6 Å². The summed E-state index contributed by atoms with van der Waals surface area (Å²) in [7, 11) is -4.47. The number of hydrogen-bond donors (Lipinski definition) is 1. The molecule has 0 amide bonds. The van der Waals surface area contributed by atoms with Gasteiger partial charge < -0.3 is 5.11 Å². The summed E-state index contributed by atoms with van der Waals surface area (Å²) in [6.07, 6.45) is -4.03. The van der Waals surface area contributed by atoms with Gasteiger partial charge in [-0.15, -0.1) is 0 Å². The Balaban J connectivity index is 2.44. The summed E-state index contributed by atoms with van der Waals surface area (Å²) >= 11 is 0. The molecule has 2 heterocycles. The highest BCUT2D eigenvalue weighted by Gasteiger charge is 2.47. The number of sulfonamides is 1. The zero-order valence-electron chi connectivity index (χ0n) is 11.5. The van der Waals surface area contributed by atoms with Crippen LogP contribution in [0.25, 0.3) is 0 Å². The van der Waals surface area contributed by atoms with Crippen LogP contribution in [0.4, 0.5) is 13.2 Å². The van der Waals surface area contributed by atoms with Crippen LogP contribution in [-0.2, 0) is 21.0 Å². The topological polar surface area (TPSA) is 87.6 Å². The van der Waals surface area contributed by atoms with Crippen LogP contribution in [0.15, 0.2) is 23.2 Å². The maximum atomic E-state index is 12.9. The van der Waals surface area contributed by atoms with Crippen molar-refractivity contribution >= 4 is 16.0 Å². The number of carboxylic acid groups (broad SMARTS) is 1. The highest BCUT2D eigenvalue weighted by atomic mass is 32.2. The molecule has 1 atom stereocenters. The lowest BCUT2D eigenvalue weighted by Gasteiger charge is -2.21. The second kappa shape index (κ2) is 5.20. The van der Waals surface area contributed by atoms with E-state index in [1.807, 2.05) is 0 Å². The fraction of sp³-hybridized carbons (Fsp3) is 0.500. The molecule has 1 aliphatic heterocycles. The number of rotatable bonds is 3. The molecule has 0 aromatic carbocycles. The molecule has 0 saturated carbocycles. The summed E-state index contributed by atoms with van der Waals surface area (Å²) in [5, 5.41) is 9.10. The van der Waals surface area contributed by atoms with E-state index in [0.29, 0.717) is 0 Å². The minimum absolute atomic E-state index is 0.0309. The highest BCUT2D eigenvalue weighted by molar-refractivity contribution is 7.89. The van der Waals surface area contributed by atoms with Gasteiger partial charge in [0, 0.05) is 19.3 Å². The zero-order chi connectivity index (χ0) is 16.8. The minimum Gasteiger partial charge on any atom is -0.481 e. The molecule has 2 rings (SSSR count). The summed E-state index contributed by atoms with van der Waals surface area (Å²) in [6, 6.07) is 1.91. The molecule has 122 valence electrons. The van der Waals surface area contributed by atoms with E-state index >= 15 is 0 Å². The molecule has 1 N–H and O–H groups in total. The Morgan fingerprint density at radius 3 is 2.59 bits per heavy atom. The van der Waals surface area contributed by atoms with Gasteiger partial charge in [0.2, 0.25) is 10.0 Å². The van der Waals surface area contributed by atoms with Gasteiger partial charge in [0.05, 0.1) is 5.41 Å². The molecule has 1 aromatic rings. The quantitative estimate of drug-likeness (QED) is 0.904. The predicted octanol–water partition coefficient (Wildman–Crippen LogP) is 1.59. The molecule has 0 spiro atoms. The van der Waals surface area contributed by atoms with E-state index in [-0.39, 0.29) is 19.5 Å². The van der Waals surface area contributed by atoms with Crippen molar-refractivity contribution in [3.8, 4) is 0 Å². The molecule has 6 nitrogen and oxygen atoms in total. The van der Waals surface area contributed by atoms with Crippen molar-refractivity contribution in [2.45, 2.75) is 24.4 Å². The van der Waals surface area contributed by atoms with Crippen molar-refractivity contribution in [3.63, 3.8) is 0 Å². The van der Waals surface area contributed by atoms with Gasteiger partial charge in [0.1, 0.15) is 4.90 Å². The van der Waals surface area contributed by atoms with Gasteiger partial charge in [0.15, 0.2) is 5.69 Å². The number of halogens is 3. The fourth-order valence-corrected chi connectivity index (χ4v) is 3.98. The molecule has 22 heavy (non-hydrogen) atoms. The van der Waals surface area contributed by atoms with E-state index in [1.54, 1.807) is 0 Å². The second-order valence-electron chi connectivity index (χ2n) is 5.30. The smallest absolute Gasteiger partial charge is 0.434 e. The van der Waals surface area contributed by atoms with Gasteiger partial charge in [-0.05, 0) is 25.5 Å². The predicted molar refractivity (Wildman–Crippen MR) is 68.4 cm³/mol. The molecule has 1 unspecified atom stereocenters. The van der Waals surface area contributed by atoms with E-state index in [9.17, 15) is 26.4 Å². The highest BCUT2D eigenvalue weighted by Crippen LogP contribution is 2.37. The molecule has 1 saturated heterocycles. The zero-order valence-corrected chi connectivity index (χ0v) is 12.3. The van der Waals surface area contributed by atoms with Crippen molar-refractivity contribution in [2.75, 3.05) is 13.1 Å². The lowest BCUT2D eigenvalue weighted by molar-refractivity contribution is -0.147. The number of pyridine rings is 1. The van der Waals surface area contributed by atoms with E-state index in [4.69, 9.17) is 5.11 Å². The minimum atomic E-state index is -4.92. The van der Waals surface area contributed by atoms with Crippen LogP contribution in [0.3, 0.4) is 0 Å². The lowest BCUT2D eigenvalue weighted by Crippen LogP contribution is -2.35. The Kier molecular flexibility index (Phi) is 3.94. The summed E-state index contributed by atoms with van der Waals surface area (Å²) in [6.45, 7) is 0.826. The van der Waals surface area contributed by atoms with Crippen molar-refractivity contribution in [3.05, 3.63) is 24.0 Å². The van der Waals surface area contributed by atoms with Crippen LogP contribution in [-0.4, -0.2) is 41.9 Å². The standard InChI is InChI=1S/C12H13F3N2O4S/c1-11(10(18)19)4-6-17(7-11)22(20,21)8-3-2-5-16-9(8)12(13,14)15/h2-3,5H,4,6-7H2,1H3,(H,18,19). The third kappa shape index (κ3) is 2.80. The molecule has 1 aliphatic rings. The molecule has 10 heteroatoms. The maximum Gasteiger partial charge on any atom is 0.434 e. The first kappa shape index (κ1) is 16.7. The number of carboxylic acids is 1. The average molecular weight is 338 g/mol. The summed E-state index contributed by atoms with van der Waals surface area (Å²) < 4.78 is 64.3. The molecule has 1 fully saturated rings.